The zero-order valence-electron chi connectivity index (χ0n) is 7.00. The lowest BCUT2D eigenvalue weighted by molar-refractivity contribution is 0.687. The van der Waals surface area contributed by atoms with Gasteiger partial charge < -0.3 is 4.98 Å². The van der Waals surface area contributed by atoms with Gasteiger partial charge in [0.25, 0.3) is 0 Å². The third-order valence-electron chi connectivity index (χ3n) is 1.92. The van der Waals surface area contributed by atoms with E-state index in [9.17, 15) is 4.21 Å². The molecule has 2 aromatic rings. The van der Waals surface area contributed by atoms with E-state index in [2.05, 4.69) is 20.9 Å². The van der Waals surface area contributed by atoms with Crippen molar-refractivity contribution in [1.82, 2.24) is 4.98 Å². The minimum Gasteiger partial charge on any atom is -0.360 e. The number of hydrogen-bond donors (Lipinski definition) is 1. The van der Waals surface area contributed by atoms with E-state index in [4.69, 9.17) is 0 Å². The number of aromatic amines is 1. The van der Waals surface area contributed by atoms with Crippen molar-refractivity contribution in [1.29, 1.82) is 0 Å². The second kappa shape index (κ2) is 3.27. The first-order chi connectivity index (χ1) is 6.18. The van der Waals surface area contributed by atoms with Gasteiger partial charge in [-0.3, -0.25) is 4.21 Å². The number of hydrogen-bond acceptors (Lipinski definition) is 1. The summed E-state index contributed by atoms with van der Waals surface area (Å²) in [5.41, 5.74) is 1.02. The second-order valence-electron chi connectivity index (χ2n) is 2.80. The standard InChI is InChI=1S/C9H8BrNOS/c1-13(12)9-5-11-8-3-2-6(10)4-7(8)9/h2-5,11H,1H3. The molecular weight excluding hydrogens is 250 g/mol. The third kappa shape index (κ3) is 1.56. The molecule has 0 aliphatic rings. The smallest absolute Gasteiger partial charge is 0.0638 e. The molecular formula is C9H8BrNOS. The molecule has 0 amide bonds. The minimum absolute atomic E-state index is 0.858. The van der Waals surface area contributed by atoms with Gasteiger partial charge in [0.05, 0.1) is 15.7 Å². The molecule has 1 aromatic carbocycles. The summed E-state index contributed by atoms with van der Waals surface area (Å²) in [5, 5.41) is 1.02. The Morgan fingerprint density at radius 1 is 1.46 bits per heavy atom. The van der Waals surface area contributed by atoms with Gasteiger partial charge >= 0.3 is 0 Å². The highest BCUT2D eigenvalue weighted by Crippen LogP contribution is 2.24. The molecule has 1 atom stereocenters. The van der Waals surface area contributed by atoms with E-state index in [0.29, 0.717) is 0 Å². The molecule has 0 fully saturated rings. The number of rotatable bonds is 1. The zero-order chi connectivity index (χ0) is 9.42. The highest BCUT2D eigenvalue weighted by atomic mass is 79.9. The molecule has 2 nitrogen and oxygen atoms in total. The Morgan fingerprint density at radius 3 is 2.92 bits per heavy atom. The van der Waals surface area contributed by atoms with Crippen LogP contribution in [0.15, 0.2) is 33.8 Å². The zero-order valence-corrected chi connectivity index (χ0v) is 9.41. The molecule has 0 saturated carbocycles. The van der Waals surface area contributed by atoms with E-state index in [-0.39, 0.29) is 0 Å². The van der Waals surface area contributed by atoms with Gasteiger partial charge in [0.1, 0.15) is 0 Å². The SMILES string of the molecule is CS(=O)c1c[nH]c2ccc(Br)cc12. The quantitative estimate of drug-likeness (QED) is 0.838. The lowest BCUT2D eigenvalue weighted by Gasteiger charge is -1.94. The summed E-state index contributed by atoms with van der Waals surface area (Å²) in [6.07, 6.45) is 3.48. The highest BCUT2D eigenvalue weighted by Gasteiger charge is 2.06. The van der Waals surface area contributed by atoms with Gasteiger partial charge in [-0.1, -0.05) is 15.9 Å². The Morgan fingerprint density at radius 2 is 2.23 bits per heavy atom. The van der Waals surface area contributed by atoms with Crippen LogP contribution < -0.4 is 0 Å². The van der Waals surface area contributed by atoms with Gasteiger partial charge in [-0.2, -0.15) is 0 Å². The fourth-order valence-electron chi connectivity index (χ4n) is 1.31. The monoisotopic (exact) mass is 257 g/mol. The van der Waals surface area contributed by atoms with Crippen molar-refractivity contribution < 1.29 is 4.21 Å². The Kier molecular flexibility index (Phi) is 2.26. The van der Waals surface area contributed by atoms with E-state index in [1.165, 1.54) is 0 Å². The minimum atomic E-state index is -0.933. The number of H-pyrrole nitrogens is 1. The molecule has 0 aliphatic heterocycles. The molecule has 1 aromatic heterocycles. The fourth-order valence-corrected chi connectivity index (χ4v) is 2.37. The molecule has 0 spiro atoms. The van der Waals surface area contributed by atoms with Crippen molar-refractivity contribution in [3.63, 3.8) is 0 Å². The van der Waals surface area contributed by atoms with Crippen molar-refractivity contribution in [3.8, 4) is 0 Å². The van der Waals surface area contributed by atoms with Crippen LogP contribution in [0.1, 0.15) is 0 Å². The maximum Gasteiger partial charge on any atom is 0.0638 e. The lowest BCUT2D eigenvalue weighted by Crippen LogP contribution is -1.83. The molecule has 0 radical (unpaired) electrons. The molecule has 0 bridgehead atoms. The van der Waals surface area contributed by atoms with Crippen LogP contribution in [0.3, 0.4) is 0 Å². The van der Waals surface area contributed by atoms with Crippen LogP contribution in [0, 0.1) is 0 Å². The maximum atomic E-state index is 11.3. The first kappa shape index (κ1) is 8.97. The van der Waals surface area contributed by atoms with Crippen molar-refractivity contribution in [2.24, 2.45) is 0 Å². The molecule has 1 N–H and O–H groups in total. The molecule has 0 saturated heterocycles. The van der Waals surface area contributed by atoms with E-state index in [1.807, 2.05) is 18.2 Å². The van der Waals surface area contributed by atoms with Gasteiger partial charge in [-0.05, 0) is 18.2 Å². The largest absolute Gasteiger partial charge is 0.360 e. The summed E-state index contributed by atoms with van der Waals surface area (Å²) in [7, 11) is -0.933. The van der Waals surface area contributed by atoms with Gasteiger partial charge in [-0.25, -0.2) is 0 Å². The van der Waals surface area contributed by atoms with Crippen LogP contribution in [0.4, 0.5) is 0 Å². The lowest BCUT2D eigenvalue weighted by atomic mass is 10.2. The summed E-state index contributed by atoms with van der Waals surface area (Å²) >= 11 is 3.39. The van der Waals surface area contributed by atoms with Crippen molar-refractivity contribution in [2.75, 3.05) is 6.26 Å². The number of aromatic nitrogens is 1. The van der Waals surface area contributed by atoms with Gasteiger partial charge in [0.2, 0.25) is 0 Å². The first-order valence-corrected chi connectivity index (χ1v) is 6.13. The van der Waals surface area contributed by atoms with Gasteiger partial charge in [-0.15, -0.1) is 0 Å². The predicted molar refractivity (Wildman–Crippen MR) is 58.3 cm³/mol. The Labute approximate surface area is 86.9 Å². The molecule has 4 heteroatoms. The van der Waals surface area contributed by atoms with E-state index < -0.39 is 10.8 Å². The average molecular weight is 258 g/mol. The normalized spacial score (nSPS) is 13.4. The van der Waals surface area contributed by atoms with Crippen molar-refractivity contribution >= 4 is 37.6 Å². The number of benzene rings is 1. The van der Waals surface area contributed by atoms with Gasteiger partial charge in [0.15, 0.2) is 0 Å². The van der Waals surface area contributed by atoms with Gasteiger partial charge in [0, 0.05) is 27.8 Å². The van der Waals surface area contributed by atoms with Crippen molar-refractivity contribution in [3.05, 3.63) is 28.9 Å². The summed E-state index contributed by atoms with van der Waals surface area (Å²) in [5.74, 6) is 0. The van der Waals surface area contributed by atoms with Crippen LogP contribution in [-0.4, -0.2) is 15.4 Å². The van der Waals surface area contributed by atoms with E-state index in [1.54, 1.807) is 12.5 Å². The third-order valence-corrected chi connectivity index (χ3v) is 3.37. The number of halogens is 1. The maximum absolute atomic E-state index is 11.3. The molecule has 1 heterocycles. The summed E-state index contributed by atoms with van der Waals surface area (Å²) in [6, 6.07) is 5.90. The van der Waals surface area contributed by atoms with E-state index in [0.717, 1.165) is 20.3 Å². The first-order valence-electron chi connectivity index (χ1n) is 3.78. The second-order valence-corrected chi connectivity index (χ2v) is 5.06. The number of fused-ring (bicyclic) bond motifs is 1. The predicted octanol–water partition coefficient (Wildman–Crippen LogP) is 2.67. The molecule has 13 heavy (non-hydrogen) atoms. The highest BCUT2D eigenvalue weighted by molar-refractivity contribution is 9.10. The van der Waals surface area contributed by atoms with Crippen molar-refractivity contribution in [2.45, 2.75) is 4.90 Å². The Bertz CT molecular complexity index is 477. The number of nitrogens with one attached hydrogen (secondary N) is 1. The summed E-state index contributed by atoms with van der Waals surface area (Å²) in [6.45, 7) is 0. The molecule has 1 unspecified atom stereocenters. The average Bonchev–Trinajstić information content (AvgIpc) is 2.46. The Balaban J connectivity index is 2.79. The van der Waals surface area contributed by atoms with Crippen LogP contribution >= 0.6 is 15.9 Å². The molecule has 0 aliphatic carbocycles. The van der Waals surface area contributed by atoms with Crippen LogP contribution in [0.2, 0.25) is 0 Å². The topological polar surface area (TPSA) is 32.9 Å². The summed E-state index contributed by atoms with van der Waals surface area (Å²) in [4.78, 5) is 3.94. The van der Waals surface area contributed by atoms with E-state index >= 15 is 0 Å². The van der Waals surface area contributed by atoms with Crippen LogP contribution in [0.5, 0.6) is 0 Å². The molecule has 2 rings (SSSR count). The Hall–Kier alpha value is -0.610. The fraction of sp³-hybridized carbons (Fsp3) is 0.111. The van der Waals surface area contributed by atoms with Crippen LogP contribution in [-0.2, 0) is 10.8 Å². The summed E-state index contributed by atoms with van der Waals surface area (Å²) < 4.78 is 12.3. The van der Waals surface area contributed by atoms with Crippen LogP contribution in [0.25, 0.3) is 10.9 Å². The molecule has 68 valence electrons.